The number of nitrogens with zero attached hydrogens (tertiary/aromatic N) is 3. The molecule has 2 N–H and O–H groups in total. The smallest absolute Gasteiger partial charge is 0.353 e. The average molecular weight is 414 g/mol. The maximum absolute atomic E-state index is 11.7. The van der Waals surface area contributed by atoms with Gasteiger partial charge in [-0.3, -0.25) is 10.1 Å². The van der Waals surface area contributed by atoms with Gasteiger partial charge in [-0.2, -0.15) is 0 Å². The van der Waals surface area contributed by atoms with Crippen LogP contribution in [0.15, 0.2) is 42.7 Å². The predicted molar refractivity (Wildman–Crippen MR) is 108 cm³/mol. The molecule has 29 heavy (non-hydrogen) atoms. The monoisotopic (exact) mass is 413 g/mol. The molecule has 148 valence electrons. The second kappa shape index (κ2) is 7.80. The van der Waals surface area contributed by atoms with E-state index in [0.717, 1.165) is 11.1 Å². The lowest BCUT2D eigenvalue weighted by molar-refractivity contribution is -0.383. The largest absolute Gasteiger partial charge is 0.454 e. The molecule has 3 aromatic rings. The molecular formula is C19H16ClN5O4. The molecule has 0 unspecified atom stereocenters. The van der Waals surface area contributed by atoms with Gasteiger partial charge in [-0.05, 0) is 42.3 Å². The maximum Gasteiger partial charge on any atom is 0.353 e. The van der Waals surface area contributed by atoms with Gasteiger partial charge in [0.1, 0.15) is 6.33 Å². The lowest BCUT2D eigenvalue weighted by Gasteiger charge is -2.12. The van der Waals surface area contributed by atoms with Crippen LogP contribution in [0.5, 0.6) is 11.5 Å². The van der Waals surface area contributed by atoms with Crippen LogP contribution >= 0.6 is 11.6 Å². The van der Waals surface area contributed by atoms with Crippen LogP contribution in [0.4, 0.5) is 23.0 Å². The average Bonchev–Trinajstić information content (AvgIpc) is 3.17. The number of aromatic nitrogens is 2. The van der Waals surface area contributed by atoms with Crippen molar-refractivity contribution in [2.45, 2.75) is 13.5 Å². The zero-order chi connectivity index (χ0) is 20.4. The normalized spacial score (nSPS) is 11.9. The number of halogens is 1. The van der Waals surface area contributed by atoms with E-state index in [4.69, 9.17) is 21.1 Å². The second-order valence-electron chi connectivity index (χ2n) is 6.26. The molecule has 0 atom stereocenters. The van der Waals surface area contributed by atoms with Crippen molar-refractivity contribution in [3.63, 3.8) is 0 Å². The van der Waals surface area contributed by atoms with E-state index in [1.807, 2.05) is 19.1 Å². The van der Waals surface area contributed by atoms with Crippen LogP contribution < -0.4 is 20.1 Å². The molecule has 0 spiro atoms. The highest BCUT2D eigenvalue weighted by molar-refractivity contribution is 6.31. The number of rotatable bonds is 6. The van der Waals surface area contributed by atoms with Gasteiger partial charge in [-0.25, -0.2) is 9.97 Å². The standard InChI is InChI=1S/C19H16ClN5O4/c1-11-13(20)3-2-4-14(11)24-19-17(25(26)27)18(22-9-23-19)21-8-12-5-6-15-16(7-12)29-10-28-15/h2-7,9H,8,10H2,1H3,(H2,21,22,23,24). The fourth-order valence-corrected chi connectivity index (χ4v) is 3.05. The van der Waals surface area contributed by atoms with Crippen molar-refractivity contribution in [1.82, 2.24) is 9.97 Å². The topological polar surface area (TPSA) is 111 Å². The van der Waals surface area contributed by atoms with E-state index in [0.29, 0.717) is 28.8 Å². The quantitative estimate of drug-likeness (QED) is 0.451. The summed E-state index contributed by atoms with van der Waals surface area (Å²) in [5.41, 5.74) is 1.99. The van der Waals surface area contributed by atoms with Gasteiger partial charge in [-0.1, -0.05) is 23.7 Å². The Labute approximate surface area is 170 Å². The van der Waals surface area contributed by atoms with Crippen LogP contribution in [-0.2, 0) is 6.54 Å². The van der Waals surface area contributed by atoms with Crippen molar-refractivity contribution >= 4 is 34.6 Å². The van der Waals surface area contributed by atoms with Crippen molar-refractivity contribution < 1.29 is 14.4 Å². The highest BCUT2D eigenvalue weighted by atomic mass is 35.5. The first-order valence-electron chi connectivity index (χ1n) is 8.67. The Bertz CT molecular complexity index is 1090. The number of anilines is 3. The van der Waals surface area contributed by atoms with Crippen LogP contribution in [0.1, 0.15) is 11.1 Å². The summed E-state index contributed by atoms with van der Waals surface area (Å²) in [4.78, 5) is 19.3. The summed E-state index contributed by atoms with van der Waals surface area (Å²) >= 11 is 6.13. The molecule has 0 saturated carbocycles. The van der Waals surface area contributed by atoms with Crippen molar-refractivity contribution in [2.75, 3.05) is 17.4 Å². The number of fused-ring (bicyclic) bond motifs is 1. The molecule has 0 saturated heterocycles. The van der Waals surface area contributed by atoms with E-state index in [1.54, 1.807) is 24.3 Å². The molecule has 1 aromatic heterocycles. The minimum absolute atomic E-state index is 0.0727. The van der Waals surface area contributed by atoms with Gasteiger partial charge in [0.15, 0.2) is 11.5 Å². The molecule has 9 nitrogen and oxygen atoms in total. The molecular weight excluding hydrogens is 398 g/mol. The Morgan fingerprint density at radius 2 is 1.97 bits per heavy atom. The molecule has 1 aliphatic rings. The molecule has 2 heterocycles. The minimum atomic E-state index is -0.524. The molecule has 1 aliphatic heterocycles. The van der Waals surface area contributed by atoms with E-state index in [1.165, 1.54) is 6.33 Å². The highest BCUT2D eigenvalue weighted by Gasteiger charge is 2.24. The predicted octanol–water partition coefficient (Wildman–Crippen LogP) is 4.43. The van der Waals surface area contributed by atoms with Gasteiger partial charge in [0.05, 0.1) is 4.92 Å². The third-order valence-corrected chi connectivity index (χ3v) is 4.83. The second-order valence-corrected chi connectivity index (χ2v) is 6.66. The van der Waals surface area contributed by atoms with Crippen molar-refractivity contribution in [2.24, 2.45) is 0 Å². The third-order valence-electron chi connectivity index (χ3n) is 4.42. The molecule has 2 aromatic carbocycles. The van der Waals surface area contributed by atoms with Crippen molar-refractivity contribution in [3.05, 3.63) is 69.0 Å². The van der Waals surface area contributed by atoms with Crippen LogP contribution in [0.2, 0.25) is 5.02 Å². The van der Waals surface area contributed by atoms with Gasteiger partial charge in [0.25, 0.3) is 0 Å². The first-order valence-corrected chi connectivity index (χ1v) is 9.04. The van der Waals surface area contributed by atoms with Crippen LogP contribution in [0.25, 0.3) is 0 Å². The lowest BCUT2D eigenvalue weighted by Crippen LogP contribution is -2.08. The molecule has 0 fully saturated rings. The third kappa shape index (κ3) is 3.85. The lowest BCUT2D eigenvalue weighted by atomic mass is 10.2. The molecule has 0 radical (unpaired) electrons. The minimum Gasteiger partial charge on any atom is -0.454 e. The maximum atomic E-state index is 11.7. The SMILES string of the molecule is Cc1c(Cl)cccc1Nc1ncnc(NCc2ccc3c(c2)OCO3)c1[N+](=O)[O-]. The molecule has 0 aliphatic carbocycles. The van der Waals surface area contributed by atoms with E-state index >= 15 is 0 Å². The first-order chi connectivity index (χ1) is 14.0. The highest BCUT2D eigenvalue weighted by Crippen LogP contribution is 2.35. The van der Waals surface area contributed by atoms with Gasteiger partial charge in [0, 0.05) is 17.3 Å². The van der Waals surface area contributed by atoms with Crippen molar-refractivity contribution in [1.29, 1.82) is 0 Å². The summed E-state index contributed by atoms with van der Waals surface area (Å²) in [5, 5.41) is 18.3. The van der Waals surface area contributed by atoms with E-state index in [9.17, 15) is 10.1 Å². The molecule has 10 heteroatoms. The molecule has 0 amide bonds. The summed E-state index contributed by atoms with van der Waals surface area (Å²) in [7, 11) is 0. The number of hydrogen-bond donors (Lipinski definition) is 2. The van der Waals surface area contributed by atoms with Crippen LogP contribution in [-0.4, -0.2) is 21.7 Å². The number of hydrogen-bond acceptors (Lipinski definition) is 8. The zero-order valence-corrected chi connectivity index (χ0v) is 16.1. The van der Waals surface area contributed by atoms with Crippen LogP contribution in [0.3, 0.4) is 0 Å². The first kappa shape index (κ1) is 18.8. The summed E-state index contributed by atoms with van der Waals surface area (Å²) < 4.78 is 10.6. The van der Waals surface area contributed by atoms with Gasteiger partial charge in [-0.15, -0.1) is 0 Å². The number of nitrogens with one attached hydrogen (secondary N) is 2. The Morgan fingerprint density at radius 1 is 1.17 bits per heavy atom. The van der Waals surface area contributed by atoms with E-state index in [2.05, 4.69) is 20.6 Å². The van der Waals surface area contributed by atoms with Crippen LogP contribution in [0, 0.1) is 17.0 Å². The number of nitro groups is 1. The Morgan fingerprint density at radius 3 is 2.79 bits per heavy atom. The fourth-order valence-electron chi connectivity index (χ4n) is 2.88. The fraction of sp³-hybridized carbons (Fsp3) is 0.158. The Kier molecular flexibility index (Phi) is 5.05. The Hall–Kier alpha value is -3.59. The summed E-state index contributed by atoms with van der Waals surface area (Å²) in [5.74, 6) is 1.49. The summed E-state index contributed by atoms with van der Waals surface area (Å²) in [6, 6.07) is 10.7. The number of benzene rings is 2. The zero-order valence-electron chi connectivity index (χ0n) is 15.3. The van der Waals surface area contributed by atoms with Gasteiger partial charge >= 0.3 is 5.69 Å². The van der Waals surface area contributed by atoms with Gasteiger partial charge in [0.2, 0.25) is 18.4 Å². The van der Waals surface area contributed by atoms with E-state index in [-0.39, 0.29) is 24.1 Å². The molecule has 4 rings (SSSR count). The molecule has 0 bridgehead atoms. The Balaban J connectivity index is 1.59. The van der Waals surface area contributed by atoms with Crippen molar-refractivity contribution in [3.8, 4) is 11.5 Å². The summed E-state index contributed by atoms with van der Waals surface area (Å²) in [6.07, 6.45) is 1.26. The van der Waals surface area contributed by atoms with Gasteiger partial charge < -0.3 is 20.1 Å². The summed E-state index contributed by atoms with van der Waals surface area (Å²) in [6.45, 7) is 2.31. The number of ether oxygens (including phenoxy) is 2. The van der Waals surface area contributed by atoms with E-state index < -0.39 is 4.92 Å².